The quantitative estimate of drug-likeness (QED) is 0.765. The van der Waals surface area contributed by atoms with E-state index in [1.54, 1.807) is 7.11 Å². The Bertz CT molecular complexity index is 264. The molecule has 2 aliphatic carbocycles. The van der Waals surface area contributed by atoms with Gasteiger partial charge in [-0.15, -0.1) is 12.4 Å². The van der Waals surface area contributed by atoms with E-state index < -0.39 is 0 Å². The van der Waals surface area contributed by atoms with Crippen molar-refractivity contribution in [2.45, 2.75) is 44.2 Å². The van der Waals surface area contributed by atoms with Gasteiger partial charge in [-0.05, 0) is 37.5 Å². The summed E-state index contributed by atoms with van der Waals surface area (Å²) >= 11 is 0. The summed E-state index contributed by atoms with van der Waals surface area (Å²) in [5, 5.41) is 0. The Morgan fingerprint density at radius 2 is 1.83 bits per heavy atom. The molecular formula is C13H25ClN2O2. The van der Waals surface area contributed by atoms with Crippen LogP contribution in [0.3, 0.4) is 0 Å². The highest BCUT2D eigenvalue weighted by Gasteiger charge is 2.44. The maximum Gasteiger partial charge on any atom is 0.225 e. The van der Waals surface area contributed by atoms with E-state index in [-0.39, 0.29) is 24.4 Å². The van der Waals surface area contributed by atoms with E-state index in [1.807, 2.05) is 11.9 Å². The lowest BCUT2D eigenvalue weighted by Gasteiger charge is -2.29. The van der Waals surface area contributed by atoms with Crippen molar-refractivity contribution in [1.29, 1.82) is 0 Å². The third-order valence-electron chi connectivity index (χ3n) is 4.05. The minimum Gasteiger partial charge on any atom is -0.380 e. The van der Waals surface area contributed by atoms with Crippen LogP contribution in [0.25, 0.3) is 0 Å². The Labute approximate surface area is 116 Å². The van der Waals surface area contributed by atoms with E-state index in [1.165, 1.54) is 25.7 Å². The molecule has 2 saturated carbocycles. The molecule has 106 valence electrons. The molecule has 0 saturated heterocycles. The molecule has 1 atom stereocenters. The van der Waals surface area contributed by atoms with Gasteiger partial charge in [-0.25, -0.2) is 0 Å². The standard InChI is InChI=1S/C13H24N2O2.ClH/c1-15(12(16)7-11(8-14)17-2)13(9-3-4-9)10-5-6-10;/h9-11,13H,3-8,14H2,1-2H3;1H. The number of amides is 1. The van der Waals surface area contributed by atoms with Crippen LogP contribution in [0, 0.1) is 11.8 Å². The van der Waals surface area contributed by atoms with Crippen LogP contribution < -0.4 is 5.73 Å². The number of carbonyl (C=O) groups excluding carboxylic acids is 1. The van der Waals surface area contributed by atoms with Crippen molar-refractivity contribution in [3.63, 3.8) is 0 Å². The van der Waals surface area contributed by atoms with Crippen molar-refractivity contribution in [3.05, 3.63) is 0 Å². The van der Waals surface area contributed by atoms with Crippen molar-refractivity contribution in [3.8, 4) is 0 Å². The summed E-state index contributed by atoms with van der Waals surface area (Å²) < 4.78 is 5.18. The maximum atomic E-state index is 12.2. The van der Waals surface area contributed by atoms with Crippen molar-refractivity contribution < 1.29 is 9.53 Å². The third-order valence-corrected chi connectivity index (χ3v) is 4.05. The summed E-state index contributed by atoms with van der Waals surface area (Å²) in [5.41, 5.74) is 5.56. The second-order valence-electron chi connectivity index (χ2n) is 5.47. The van der Waals surface area contributed by atoms with Gasteiger partial charge in [0.2, 0.25) is 5.91 Å². The van der Waals surface area contributed by atoms with Crippen molar-refractivity contribution in [2.75, 3.05) is 20.7 Å². The molecular weight excluding hydrogens is 252 g/mol. The van der Waals surface area contributed by atoms with Gasteiger partial charge in [-0.2, -0.15) is 0 Å². The maximum absolute atomic E-state index is 12.2. The lowest BCUT2D eigenvalue weighted by Crippen LogP contribution is -2.42. The van der Waals surface area contributed by atoms with E-state index in [2.05, 4.69) is 0 Å². The van der Waals surface area contributed by atoms with E-state index in [4.69, 9.17) is 10.5 Å². The minimum atomic E-state index is -0.135. The van der Waals surface area contributed by atoms with Gasteiger partial charge in [0.05, 0.1) is 12.5 Å². The van der Waals surface area contributed by atoms with Crippen LogP contribution >= 0.6 is 12.4 Å². The molecule has 0 heterocycles. The first-order valence-electron chi connectivity index (χ1n) is 6.66. The molecule has 0 spiro atoms. The Balaban J connectivity index is 0.00000162. The number of halogens is 1. The molecule has 0 aliphatic heterocycles. The van der Waals surface area contributed by atoms with Crippen LogP contribution in [-0.2, 0) is 9.53 Å². The average molecular weight is 277 g/mol. The van der Waals surface area contributed by atoms with Gasteiger partial charge in [0, 0.05) is 26.7 Å². The molecule has 2 N–H and O–H groups in total. The Kier molecular flexibility index (Phi) is 5.89. The molecule has 5 heteroatoms. The zero-order valence-corrected chi connectivity index (χ0v) is 12.1. The monoisotopic (exact) mass is 276 g/mol. The van der Waals surface area contributed by atoms with Crippen LogP contribution in [0.1, 0.15) is 32.1 Å². The summed E-state index contributed by atoms with van der Waals surface area (Å²) in [7, 11) is 3.57. The number of carbonyl (C=O) groups is 1. The fraction of sp³-hybridized carbons (Fsp3) is 0.923. The normalized spacial score (nSPS) is 20.4. The molecule has 18 heavy (non-hydrogen) atoms. The second kappa shape index (κ2) is 6.73. The highest BCUT2D eigenvalue weighted by Crippen LogP contribution is 2.46. The topological polar surface area (TPSA) is 55.6 Å². The molecule has 4 nitrogen and oxygen atoms in total. The van der Waals surface area contributed by atoms with Crippen LogP contribution in [0.5, 0.6) is 0 Å². The van der Waals surface area contributed by atoms with E-state index >= 15 is 0 Å². The first kappa shape index (κ1) is 15.7. The smallest absolute Gasteiger partial charge is 0.225 e. The van der Waals surface area contributed by atoms with Crippen molar-refractivity contribution in [1.82, 2.24) is 4.90 Å². The fourth-order valence-corrected chi connectivity index (χ4v) is 2.66. The van der Waals surface area contributed by atoms with Gasteiger partial charge in [-0.1, -0.05) is 0 Å². The number of rotatable bonds is 7. The minimum absolute atomic E-state index is 0. The highest BCUT2D eigenvalue weighted by atomic mass is 35.5. The molecule has 0 aromatic rings. The lowest BCUT2D eigenvalue weighted by atomic mass is 10.0. The van der Waals surface area contributed by atoms with Gasteiger partial charge in [-0.3, -0.25) is 4.79 Å². The zero-order valence-electron chi connectivity index (χ0n) is 11.3. The van der Waals surface area contributed by atoms with Gasteiger partial charge in [0.1, 0.15) is 0 Å². The Hall–Kier alpha value is -0.320. The highest BCUT2D eigenvalue weighted by molar-refractivity contribution is 5.85. The van der Waals surface area contributed by atoms with Gasteiger partial charge < -0.3 is 15.4 Å². The van der Waals surface area contributed by atoms with Gasteiger partial charge in [0.15, 0.2) is 0 Å². The van der Waals surface area contributed by atoms with Crippen molar-refractivity contribution >= 4 is 18.3 Å². The molecule has 2 fully saturated rings. The third kappa shape index (κ3) is 3.84. The lowest BCUT2D eigenvalue weighted by molar-refractivity contribution is -0.135. The molecule has 0 radical (unpaired) electrons. The summed E-state index contributed by atoms with van der Waals surface area (Å²) in [6.07, 6.45) is 5.46. The average Bonchev–Trinajstić information content (AvgIpc) is 3.17. The summed E-state index contributed by atoms with van der Waals surface area (Å²) in [5.74, 6) is 1.71. The summed E-state index contributed by atoms with van der Waals surface area (Å²) in [4.78, 5) is 14.1. The number of nitrogens with two attached hydrogens (primary N) is 1. The molecule has 0 aromatic heterocycles. The number of methoxy groups -OCH3 is 1. The van der Waals surface area contributed by atoms with Crippen LogP contribution in [0.4, 0.5) is 0 Å². The molecule has 1 unspecified atom stereocenters. The van der Waals surface area contributed by atoms with E-state index in [0.717, 1.165) is 11.8 Å². The van der Waals surface area contributed by atoms with Crippen LogP contribution in [-0.4, -0.2) is 43.7 Å². The van der Waals surface area contributed by atoms with Gasteiger partial charge in [0.25, 0.3) is 0 Å². The predicted octanol–water partition coefficient (Wildman–Crippen LogP) is 1.42. The Morgan fingerprint density at radius 1 is 1.33 bits per heavy atom. The SMILES string of the molecule is COC(CN)CC(=O)N(C)C(C1CC1)C1CC1.Cl. The van der Waals surface area contributed by atoms with E-state index in [0.29, 0.717) is 19.0 Å². The Morgan fingerprint density at radius 3 is 2.17 bits per heavy atom. The van der Waals surface area contributed by atoms with Crippen LogP contribution in [0.2, 0.25) is 0 Å². The number of nitrogens with zero attached hydrogens (tertiary/aromatic N) is 1. The van der Waals surface area contributed by atoms with Crippen molar-refractivity contribution in [2.24, 2.45) is 17.6 Å². The molecule has 0 bridgehead atoms. The number of hydrogen-bond acceptors (Lipinski definition) is 3. The molecule has 0 aromatic carbocycles. The molecule has 2 aliphatic rings. The summed E-state index contributed by atoms with van der Waals surface area (Å²) in [6, 6.07) is 0.484. The second-order valence-corrected chi connectivity index (χ2v) is 5.47. The number of ether oxygens (including phenoxy) is 1. The largest absolute Gasteiger partial charge is 0.380 e. The molecule has 2 rings (SSSR count). The van der Waals surface area contributed by atoms with E-state index in [9.17, 15) is 4.79 Å². The fourth-order valence-electron chi connectivity index (χ4n) is 2.66. The molecule has 1 amide bonds. The first-order valence-corrected chi connectivity index (χ1v) is 6.66. The zero-order chi connectivity index (χ0) is 12.4. The number of hydrogen-bond donors (Lipinski definition) is 1. The van der Waals surface area contributed by atoms with Crippen LogP contribution in [0.15, 0.2) is 0 Å². The predicted molar refractivity (Wildman–Crippen MR) is 73.7 cm³/mol. The summed E-state index contributed by atoms with van der Waals surface area (Å²) in [6.45, 7) is 0.410. The van der Waals surface area contributed by atoms with Gasteiger partial charge >= 0.3 is 0 Å². The first-order chi connectivity index (χ1) is 8.17.